The molecule has 1 heterocycles. The molecule has 1 N–H and O–H groups in total. The first-order chi connectivity index (χ1) is 7.95. The Morgan fingerprint density at radius 2 is 2.18 bits per heavy atom. The maximum atomic E-state index is 6.10. The van der Waals surface area contributed by atoms with Crippen molar-refractivity contribution in [3.63, 3.8) is 0 Å². The summed E-state index contributed by atoms with van der Waals surface area (Å²) in [6.07, 6.45) is 1.79. The van der Waals surface area contributed by atoms with Crippen LogP contribution in [0, 0.1) is 5.41 Å². The Kier molecular flexibility index (Phi) is 5.77. The van der Waals surface area contributed by atoms with Crippen LogP contribution >= 0.6 is 23.4 Å². The van der Waals surface area contributed by atoms with E-state index in [1.807, 2.05) is 12.1 Å². The summed E-state index contributed by atoms with van der Waals surface area (Å²) < 4.78 is 0. The monoisotopic (exact) mass is 272 g/mol. The number of hydrogen-bond donors (Lipinski definition) is 1. The smallest absolute Gasteiger partial charge is 0.115 e. The van der Waals surface area contributed by atoms with Crippen LogP contribution < -0.4 is 5.32 Å². The third kappa shape index (κ3) is 4.86. The van der Waals surface area contributed by atoms with Crippen LogP contribution in [0.4, 0.5) is 0 Å². The largest absolute Gasteiger partial charge is 0.313 e. The Morgan fingerprint density at radius 3 is 2.71 bits per heavy atom. The van der Waals surface area contributed by atoms with Crippen molar-refractivity contribution in [3.05, 3.63) is 23.4 Å². The third-order valence-corrected chi connectivity index (χ3v) is 4.12. The average molecular weight is 273 g/mol. The van der Waals surface area contributed by atoms with Crippen LogP contribution in [-0.4, -0.2) is 23.3 Å². The van der Waals surface area contributed by atoms with Crippen LogP contribution in [0.5, 0.6) is 0 Å². The van der Waals surface area contributed by atoms with Crippen molar-refractivity contribution in [2.24, 2.45) is 5.41 Å². The zero-order valence-electron chi connectivity index (χ0n) is 11.0. The van der Waals surface area contributed by atoms with Crippen LogP contribution in [0.3, 0.4) is 0 Å². The quantitative estimate of drug-likeness (QED) is 0.824. The molecule has 0 aromatic carbocycles. The Balaban J connectivity index is 2.61. The van der Waals surface area contributed by atoms with E-state index < -0.39 is 0 Å². The van der Waals surface area contributed by atoms with Crippen molar-refractivity contribution in [1.29, 1.82) is 0 Å². The SMILES string of the molecule is CCNC(CSc1ncccc1Cl)C(C)(C)C. The number of hydrogen-bond acceptors (Lipinski definition) is 3. The van der Waals surface area contributed by atoms with Gasteiger partial charge in [-0.15, -0.1) is 11.8 Å². The van der Waals surface area contributed by atoms with E-state index in [1.54, 1.807) is 18.0 Å². The molecule has 0 aliphatic rings. The summed E-state index contributed by atoms with van der Waals surface area (Å²) in [5.74, 6) is 0.980. The van der Waals surface area contributed by atoms with Gasteiger partial charge in [-0.05, 0) is 24.1 Å². The molecular weight excluding hydrogens is 252 g/mol. The molecule has 17 heavy (non-hydrogen) atoms. The van der Waals surface area contributed by atoms with Gasteiger partial charge in [0, 0.05) is 18.0 Å². The van der Waals surface area contributed by atoms with E-state index in [0.717, 1.165) is 22.3 Å². The van der Waals surface area contributed by atoms with Crippen molar-refractivity contribution in [1.82, 2.24) is 10.3 Å². The number of thioether (sulfide) groups is 1. The van der Waals surface area contributed by atoms with Crippen LogP contribution in [0.15, 0.2) is 23.4 Å². The minimum atomic E-state index is 0.240. The van der Waals surface area contributed by atoms with Gasteiger partial charge in [-0.25, -0.2) is 4.98 Å². The van der Waals surface area contributed by atoms with Gasteiger partial charge in [-0.3, -0.25) is 0 Å². The van der Waals surface area contributed by atoms with Crippen molar-refractivity contribution in [2.45, 2.75) is 38.8 Å². The average Bonchev–Trinajstić information content (AvgIpc) is 2.24. The molecule has 0 spiro atoms. The number of rotatable bonds is 5. The van der Waals surface area contributed by atoms with Crippen molar-refractivity contribution in [2.75, 3.05) is 12.3 Å². The minimum absolute atomic E-state index is 0.240. The van der Waals surface area contributed by atoms with Crippen LogP contribution in [0.2, 0.25) is 5.02 Å². The summed E-state index contributed by atoms with van der Waals surface area (Å²) >= 11 is 7.81. The van der Waals surface area contributed by atoms with Gasteiger partial charge in [-0.2, -0.15) is 0 Å². The van der Waals surface area contributed by atoms with Crippen LogP contribution in [-0.2, 0) is 0 Å². The molecule has 1 aromatic rings. The Morgan fingerprint density at radius 1 is 1.47 bits per heavy atom. The van der Waals surface area contributed by atoms with E-state index in [4.69, 9.17) is 11.6 Å². The van der Waals surface area contributed by atoms with Crippen molar-refractivity contribution >= 4 is 23.4 Å². The number of pyridine rings is 1. The molecule has 1 unspecified atom stereocenters. The first-order valence-electron chi connectivity index (χ1n) is 5.92. The predicted molar refractivity (Wildman–Crippen MR) is 76.9 cm³/mol. The molecule has 0 radical (unpaired) electrons. The highest BCUT2D eigenvalue weighted by atomic mass is 35.5. The van der Waals surface area contributed by atoms with E-state index in [-0.39, 0.29) is 5.41 Å². The summed E-state index contributed by atoms with van der Waals surface area (Å²) in [7, 11) is 0. The van der Waals surface area contributed by atoms with Crippen molar-refractivity contribution < 1.29 is 0 Å². The number of aromatic nitrogens is 1. The molecule has 1 rings (SSSR count). The van der Waals surface area contributed by atoms with Gasteiger partial charge in [0.05, 0.1) is 5.02 Å². The lowest BCUT2D eigenvalue weighted by atomic mass is 9.88. The fourth-order valence-corrected chi connectivity index (χ4v) is 3.07. The molecule has 0 fully saturated rings. The van der Waals surface area contributed by atoms with Gasteiger partial charge in [0.1, 0.15) is 5.03 Å². The third-order valence-electron chi connectivity index (χ3n) is 2.61. The Labute approximate surface area is 114 Å². The standard InChI is InChI=1S/C13H21ClN2S/c1-5-15-11(13(2,3)4)9-17-12-10(14)7-6-8-16-12/h6-8,11,15H,5,9H2,1-4H3. The second-order valence-corrected chi connectivity index (χ2v) is 6.49. The lowest BCUT2D eigenvalue weighted by Crippen LogP contribution is -2.42. The van der Waals surface area contributed by atoms with E-state index in [2.05, 4.69) is 38.0 Å². The fourth-order valence-electron chi connectivity index (χ4n) is 1.50. The van der Waals surface area contributed by atoms with Crippen molar-refractivity contribution in [3.8, 4) is 0 Å². The Hall–Kier alpha value is -0.250. The summed E-state index contributed by atoms with van der Waals surface area (Å²) in [4.78, 5) is 4.30. The molecule has 4 heteroatoms. The molecule has 0 saturated heterocycles. The fraction of sp³-hybridized carbons (Fsp3) is 0.615. The molecule has 0 amide bonds. The molecule has 96 valence electrons. The molecule has 0 aliphatic carbocycles. The number of nitrogens with one attached hydrogen (secondary N) is 1. The van der Waals surface area contributed by atoms with Crippen LogP contribution in [0.25, 0.3) is 0 Å². The summed E-state index contributed by atoms with van der Waals surface area (Å²) in [6.45, 7) is 9.87. The maximum Gasteiger partial charge on any atom is 0.115 e. The van der Waals surface area contributed by atoms with Gasteiger partial charge < -0.3 is 5.32 Å². The number of halogens is 1. The van der Waals surface area contributed by atoms with E-state index in [1.165, 1.54) is 0 Å². The minimum Gasteiger partial charge on any atom is -0.313 e. The highest BCUT2D eigenvalue weighted by Gasteiger charge is 2.24. The van der Waals surface area contributed by atoms with Gasteiger partial charge in [0.25, 0.3) is 0 Å². The first kappa shape index (κ1) is 14.8. The van der Waals surface area contributed by atoms with E-state index in [0.29, 0.717) is 6.04 Å². The lowest BCUT2D eigenvalue weighted by molar-refractivity contribution is 0.295. The zero-order valence-corrected chi connectivity index (χ0v) is 12.5. The summed E-state index contributed by atoms with van der Waals surface area (Å²) in [5, 5.41) is 5.18. The zero-order chi connectivity index (χ0) is 12.9. The second kappa shape index (κ2) is 6.62. The molecule has 1 atom stereocenters. The molecule has 2 nitrogen and oxygen atoms in total. The van der Waals surface area contributed by atoms with Gasteiger partial charge >= 0.3 is 0 Å². The molecular formula is C13H21ClN2S. The van der Waals surface area contributed by atoms with Crippen LogP contribution in [0.1, 0.15) is 27.7 Å². The normalized spacial score (nSPS) is 13.7. The second-order valence-electron chi connectivity index (χ2n) is 5.08. The van der Waals surface area contributed by atoms with Gasteiger partial charge in [0.15, 0.2) is 0 Å². The summed E-state index contributed by atoms with van der Waals surface area (Å²) in [5.41, 5.74) is 0.240. The van der Waals surface area contributed by atoms with E-state index in [9.17, 15) is 0 Å². The predicted octanol–water partition coefficient (Wildman–Crippen LogP) is 3.85. The molecule has 0 bridgehead atoms. The Bertz CT molecular complexity index is 350. The highest BCUT2D eigenvalue weighted by molar-refractivity contribution is 7.99. The summed E-state index contributed by atoms with van der Waals surface area (Å²) in [6, 6.07) is 4.20. The highest BCUT2D eigenvalue weighted by Crippen LogP contribution is 2.29. The number of nitrogens with zero attached hydrogens (tertiary/aromatic N) is 1. The molecule has 0 aliphatic heterocycles. The van der Waals surface area contributed by atoms with E-state index >= 15 is 0 Å². The first-order valence-corrected chi connectivity index (χ1v) is 7.28. The molecule has 1 aromatic heterocycles. The molecule has 0 saturated carbocycles. The van der Waals surface area contributed by atoms with Gasteiger partial charge in [-0.1, -0.05) is 39.3 Å². The van der Waals surface area contributed by atoms with Gasteiger partial charge in [0.2, 0.25) is 0 Å². The maximum absolute atomic E-state index is 6.10. The lowest BCUT2D eigenvalue weighted by Gasteiger charge is -2.31. The topological polar surface area (TPSA) is 24.9 Å².